The van der Waals surface area contributed by atoms with Crippen LogP contribution in [0.15, 0.2) is 28.8 Å². The summed E-state index contributed by atoms with van der Waals surface area (Å²) < 4.78 is 41.4. The monoisotopic (exact) mass is 340 g/mol. The SMILES string of the molecule is CCCCCC(=O)C(=O)c1ccc(-c2noc(C(F)(F)F)n2)cc1. The molecule has 2 rings (SSSR count). The van der Waals surface area contributed by atoms with Gasteiger partial charge in [-0.25, -0.2) is 0 Å². The number of nitrogens with zero attached hydrogens (tertiary/aromatic N) is 2. The molecule has 0 aliphatic carbocycles. The molecule has 0 saturated heterocycles. The Balaban J connectivity index is 2.09. The van der Waals surface area contributed by atoms with Crippen LogP contribution < -0.4 is 0 Å². The lowest BCUT2D eigenvalue weighted by Crippen LogP contribution is -2.13. The molecular weight excluding hydrogens is 325 g/mol. The van der Waals surface area contributed by atoms with Gasteiger partial charge in [0.25, 0.3) is 0 Å². The predicted octanol–water partition coefficient (Wildman–Crippen LogP) is 4.09. The van der Waals surface area contributed by atoms with Crippen molar-refractivity contribution in [3.8, 4) is 11.4 Å². The van der Waals surface area contributed by atoms with Crippen LogP contribution in [-0.2, 0) is 11.0 Å². The smallest absolute Gasteiger partial charge is 0.329 e. The summed E-state index contributed by atoms with van der Waals surface area (Å²) in [5.74, 6) is -2.77. The molecule has 0 N–H and O–H groups in total. The number of ketones is 2. The zero-order valence-electron chi connectivity index (χ0n) is 12.9. The van der Waals surface area contributed by atoms with Gasteiger partial charge < -0.3 is 4.52 Å². The third-order valence-electron chi connectivity index (χ3n) is 3.33. The highest BCUT2D eigenvalue weighted by Crippen LogP contribution is 2.29. The first-order valence-electron chi connectivity index (χ1n) is 7.41. The van der Waals surface area contributed by atoms with Crippen LogP contribution >= 0.6 is 0 Å². The van der Waals surface area contributed by atoms with Gasteiger partial charge >= 0.3 is 12.1 Å². The fraction of sp³-hybridized carbons (Fsp3) is 0.375. The van der Waals surface area contributed by atoms with E-state index in [1.54, 1.807) is 0 Å². The number of rotatable bonds is 7. The lowest BCUT2D eigenvalue weighted by atomic mass is 10.0. The van der Waals surface area contributed by atoms with Gasteiger partial charge in [0.05, 0.1) is 0 Å². The standard InChI is InChI=1S/C16H15F3N2O3/c1-2-3-4-5-12(22)13(23)10-6-8-11(9-7-10)14-20-15(24-21-14)16(17,18)19/h6-9H,2-5H2,1H3. The van der Waals surface area contributed by atoms with E-state index in [1.165, 1.54) is 24.3 Å². The van der Waals surface area contributed by atoms with Crippen molar-refractivity contribution in [2.45, 2.75) is 38.8 Å². The molecule has 1 aromatic carbocycles. The van der Waals surface area contributed by atoms with Crippen molar-refractivity contribution in [1.82, 2.24) is 10.1 Å². The van der Waals surface area contributed by atoms with E-state index in [0.717, 1.165) is 12.8 Å². The zero-order valence-corrected chi connectivity index (χ0v) is 12.9. The molecule has 0 radical (unpaired) electrons. The highest BCUT2D eigenvalue weighted by molar-refractivity contribution is 6.43. The van der Waals surface area contributed by atoms with Crippen molar-refractivity contribution < 1.29 is 27.3 Å². The fourth-order valence-electron chi connectivity index (χ4n) is 2.04. The van der Waals surface area contributed by atoms with Gasteiger partial charge in [-0.3, -0.25) is 9.59 Å². The highest BCUT2D eigenvalue weighted by atomic mass is 19.4. The van der Waals surface area contributed by atoms with E-state index in [2.05, 4.69) is 14.7 Å². The lowest BCUT2D eigenvalue weighted by Gasteiger charge is -2.01. The van der Waals surface area contributed by atoms with E-state index >= 15 is 0 Å². The molecule has 1 heterocycles. The second-order valence-corrected chi connectivity index (χ2v) is 5.21. The summed E-state index contributed by atoms with van der Waals surface area (Å²) in [7, 11) is 0. The minimum absolute atomic E-state index is 0.180. The molecular formula is C16H15F3N2O3. The largest absolute Gasteiger partial charge is 0.471 e. The molecule has 0 bridgehead atoms. The summed E-state index contributed by atoms with van der Waals surface area (Å²) >= 11 is 0. The van der Waals surface area contributed by atoms with Crippen LogP contribution in [0.4, 0.5) is 13.2 Å². The van der Waals surface area contributed by atoms with Gasteiger partial charge in [0.2, 0.25) is 17.4 Å². The molecule has 0 unspecified atom stereocenters. The second-order valence-electron chi connectivity index (χ2n) is 5.21. The van der Waals surface area contributed by atoms with Gasteiger partial charge in [-0.2, -0.15) is 18.2 Å². The van der Waals surface area contributed by atoms with Crippen LogP contribution in [0.5, 0.6) is 0 Å². The van der Waals surface area contributed by atoms with Gasteiger partial charge in [0.15, 0.2) is 0 Å². The third-order valence-corrected chi connectivity index (χ3v) is 3.33. The van der Waals surface area contributed by atoms with Crippen molar-refractivity contribution in [2.24, 2.45) is 0 Å². The Morgan fingerprint density at radius 3 is 2.33 bits per heavy atom. The van der Waals surface area contributed by atoms with Gasteiger partial charge in [-0.05, 0) is 6.42 Å². The third kappa shape index (κ3) is 4.27. The lowest BCUT2D eigenvalue weighted by molar-refractivity contribution is -0.159. The first kappa shape index (κ1) is 17.8. The van der Waals surface area contributed by atoms with Crippen molar-refractivity contribution in [3.63, 3.8) is 0 Å². The maximum Gasteiger partial charge on any atom is 0.471 e. The molecule has 0 aliphatic rings. The van der Waals surface area contributed by atoms with Crippen LogP contribution in [0.1, 0.15) is 48.9 Å². The van der Waals surface area contributed by atoms with E-state index < -0.39 is 23.6 Å². The summed E-state index contributed by atoms with van der Waals surface area (Å²) in [6.07, 6.45) is -2.05. The van der Waals surface area contributed by atoms with Gasteiger partial charge in [-0.1, -0.05) is 49.2 Å². The molecule has 0 fully saturated rings. The summed E-state index contributed by atoms with van der Waals surface area (Å²) in [5, 5.41) is 3.25. The summed E-state index contributed by atoms with van der Waals surface area (Å²) in [4.78, 5) is 27.0. The molecule has 2 aromatic rings. The fourth-order valence-corrected chi connectivity index (χ4v) is 2.04. The predicted molar refractivity (Wildman–Crippen MR) is 78.2 cm³/mol. The highest BCUT2D eigenvalue weighted by Gasteiger charge is 2.38. The van der Waals surface area contributed by atoms with E-state index in [9.17, 15) is 22.8 Å². The minimum atomic E-state index is -4.72. The van der Waals surface area contributed by atoms with E-state index in [0.29, 0.717) is 6.42 Å². The maximum atomic E-state index is 12.4. The quantitative estimate of drug-likeness (QED) is 0.431. The summed E-state index contributed by atoms with van der Waals surface area (Å²) in [6.45, 7) is 1.99. The first-order valence-corrected chi connectivity index (χ1v) is 7.41. The molecule has 0 spiro atoms. The first-order chi connectivity index (χ1) is 11.3. The van der Waals surface area contributed by atoms with Gasteiger partial charge in [0, 0.05) is 17.5 Å². The number of hydrogen-bond donors (Lipinski definition) is 0. The molecule has 24 heavy (non-hydrogen) atoms. The van der Waals surface area contributed by atoms with Crippen LogP contribution in [0, 0.1) is 0 Å². The molecule has 128 valence electrons. The number of carbonyl (C=O) groups is 2. The number of hydrogen-bond acceptors (Lipinski definition) is 5. The number of unbranched alkanes of at least 4 members (excludes halogenated alkanes) is 2. The van der Waals surface area contributed by atoms with Crippen molar-refractivity contribution in [1.29, 1.82) is 0 Å². The minimum Gasteiger partial charge on any atom is -0.329 e. The maximum absolute atomic E-state index is 12.4. The number of aromatic nitrogens is 2. The number of carbonyl (C=O) groups excluding carboxylic acids is 2. The summed E-state index contributed by atoms with van der Waals surface area (Å²) in [6, 6.07) is 5.47. The molecule has 5 nitrogen and oxygen atoms in total. The Kier molecular flexibility index (Phi) is 5.48. The molecule has 1 aromatic heterocycles. The van der Waals surface area contributed by atoms with Crippen LogP contribution in [0.2, 0.25) is 0 Å². The molecule has 0 atom stereocenters. The number of alkyl halides is 3. The van der Waals surface area contributed by atoms with E-state index in [1.807, 2.05) is 6.92 Å². The molecule has 0 amide bonds. The normalized spacial score (nSPS) is 11.5. The second kappa shape index (κ2) is 7.37. The summed E-state index contributed by atoms with van der Waals surface area (Å²) in [5.41, 5.74) is 0.434. The number of halogens is 3. The Morgan fingerprint density at radius 1 is 1.12 bits per heavy atom. The Labute approximate surface area is 135 Å². The molecule has 0 aliphatic heterocycles. The van der Waals surface area contributed by atoms with Crippen LogP contribution in [-0.4, -0.2) is 21.7 Å². The van der Waals surface area contributed by atoms with Gasteiger partial charge in [0.1, 0.15) is 0 Å². The molecule has 0 saturated carbocycles. The Morgan fingerprint density at radius 2 is 1.79 bits per heavy atom. The number of Topliss-reactive ketones (excluding diaryl/α,β-unsaturated/α-hetero) is 2. The average molecular weight is 340 g/mol. The Bertz CT molecular complexity index is 721. The average Bonchev–Trinajstić information content (AvgIpc) is 3.05. The van der Waals surface area contributed by atoms with Crippen molar-refractivity contribution in [2.75, 3.05) is 0 Å². The van der Waals surface area contributed by atoms with E-state index in [-0.39, 0.29) is 23.4 Å². The van der Waals surface area contributed by atoms with Crippen molar-refractivity contribution >= 4 is 11.6 Å². The van der Waals surface area contributed by atoms with Gasteiger partial charge in [-0.15, -0.1) is 0 Å². The van der Waals surface area contributed by atoms with Crippen LogP contribution in [0.25, 0.3) is 11.4 Å². The van der Waals surface area contributed by atoms with Crippen molar-refractivity contribution in [3.05, 3.63) is 35.7 Å². The van der Waals surface area contributed by atoms with E-state index in [4.69, 9.17) is 0 Å². The Hall–Kier alpha value is -2.51. The number of benzene rings is 1. The molecule has 8 heteroatoms. The van der Waals surface area contributed by atoms with Crippen LogP contribution in [0.3, 0.4) is 0 Å². The zero-order chi connectivity index (χ0) is 17.7. The topological polar surface area (TPSA) is 73.1 Å².